The summed E-state index contributed by atoms with van der Waals surface area (Å²) < 4.78 is 4.91. The van der Waals surface area contributed by atoms with E-state index in [1.54, 1.807) is 0 Å². The van der Waals surface area contributed by atoms with Gasteiger partial charge >= 0.3 is 5.97 Å². The topological polar surface area (TPSA) is 61.9 Å². The fourth-order valence-corrected chi connectivity index (χ4v) is 3.03. The van der Waals surface area contributed by atoms with E-state index in [0.29, 0.717) is 12.6 Å². The van der Waals surface area contributed by atoms with Gasteiger partial charge in [0.15, 0.2) is 0 Å². The predicted molar refractivity (Wildman–Crippen MR) is 77.7 cm³/mol. The van der Waals surface area contributed by atoms with Crippen LogP contribution in [-0.2, 0) is 14.3 Å². The monoisotopic (exact) mass is 295 g/mol. The van der Waals surface area contributed by atoms with Crippen molar-refractivity contribution in [2.45, 2.75) is 31.7 Å². The molecule has 6 nitrogen and oxygen atoms in total. The Hall–Kier alpha value is -1.14. The molecule has 0 unspecified atom stereocenters. The first-order chi connectivity index (χ1) is 10.1. The molecule has 118 valence electrons. The van der Waals surface area contributed by atoms with Crippen LogP contribution in [0, 0.1) is 5.41 Å². The third-order valence-corrected chi connectivity index (χ3v) is 4.77. The van der Waals surface area contributed by atoms with E-state index in [1.165, 1.54) is 7.11 Å². The van der Waals surface area contributed by atoms with E-state index in [4.69, 9.17) is 4.74 Å². The summed E-state index contributed by atoms with van der Waals surface area (Å²) in [5, 5.41) is 3.03. The molecule has 0 spiro atoms. The molecule has 3 aliphatic rings. The van der Waals surface area contributed by atoms with Gasteiger partial charge in [-0.1, -0.05) is 0 Å². The van der Waals surface area contributed by atoms with Gasteiger partial charge in [-0.15, -0.1) is 0 Å². The molecule has 6 heteroatoms. The van der Waals surface area contributed by atoms with Crippen LogP contribution in [0.25, 0.3) is 0 Å². The molecule has 0 aromatic rings. The number of carbonyl (C=O) groups is 2. The van der Waals surface area contributed by atoms with Crippen LogP contribution in [0.5, 0.6) is 0 Å². The molecular formula is C15H25N3O3. The number of esters is 1. The number of piperazine rings is 1. The normalized spacial score (nSPS) is 25.4. The summed E-state index contributed by atoms with van der Waals surface area (Å²) in [4.78, 5) is 28.1. The molecule has 0 aromatic heterocycles. The Balaban J connectivity index is 1.38. The lowest BCUT2D eigenvalue weighted by atomic mass is 10.1. The second-order valence-corrected chi connectivity index (χ2v) is 6.67. The summed E-state index contributed by atoms with van der Waals surface area (Å²) in [6, 6.07) is 0.438. The molecule has 0 bridgehead atoms. The van der Waals surface area contributed by atoms with Gasteiger partial charge in [0.2, 0.25) is 5.91 Å². The highest BCUT2D eigenvalue weighted by Gasteiger charge is 2.52. The van der Waals surface area contributed by atoms with Gasteiger partial charge in [0.1, 0.15) is 0 Å². The summed E-state index contributed by atoms with van der Waals surface area (Å²) in [7, 11) is 1.47. The highest BCUT2D eigenvalue weighted by Crippen LogP contribution is 2.47. The number of rotatable bonds is 6. The fourth-order valence-electron chi connectivity index (χ4n) is 3.03. The van der Waals surface area contributed by atoms with Crippen molar-refractivity contribution in [3.05, 3.63) is 0 Å². The zero-order valence-corrected chi connectivity index (χ0v) is 12.8. The van der Waals surface area contributed by atoms with Crippen molar-refractivity contribution in [2.24, 2.45) is 5.41 Å². The Morgan fingerprint density at radius 3 is 2.29 bits per heavy atom. The summed E-state index contributed by atoms with van der Waals surface area (Å²) in [6.45, 7) is 4.96. The highest BCUT2D eigenvalue weighted by molar-refractivity contribution is 5.80. The zero-order chi connectivity index (χ0) is 14.9. The van der Waals surface area contributed by atoms with Crippen molar-refractivity contribution >= 4 is 11.9 Å². The molecule has 3 fully saturated rings. The van der Waals surface area contributed by atoms with E-state index in [-0.39, 0.29) is 17.3 Å². The van der Waals surface area contributed by atoms with Crippen LogP contribution in [0.3, 0.4) is 0 Å². The van der Waals surface area contributed by atoms with Gasteiger partial charge in [-0.05, 0) is 25.7 Å². The van der Waals surface area contributed by atoms with Crippen LogP contribution >= 0.6 is 0 Å². The van der Waals surface area contributed by atoms with Gasteiger partial charge in [-0.2, -0.15) is 0 Å². The molecular weight excluding hydrogens is 270 g/mol. The molecule has 0 aromatic carbocycles. The third kappa shape index (κ3) is 3.74. The van der Waals surface area contributed by atoms with Gasteiger partial charge < -0.3 is 10.1 Å². The van der Waals surface area contributed by atoms with Crippen LogP contribution in [0.2, 0.25) is 0 Å². The molecule has 1 N–H and O–H groups in total. The zero-order valence-electron chi connectivity index (χ0n) is 12.8. The van der Waals surface area contributed by atoms with Crippen LogP contribution in [-0.4, -0.2) is 74.1 Å². The summed E-state index contributed by atoms with van der Waals surface area (Å²) in [5.74, 6) is 0.0907. The van der Waals surface area contributed by atoms with E-state index in [2.05, 4.69) is 15.1 Å². The first-order valence-corrected chi connectivity index (χ1v) is 7.94. The molecule has 21 heavy (non-hydrogen) atoms. The maximum absolute atomic E-state index is 11.8. The molecule has 1 heterocycles. The van der Waals surface area contributed by atoms with Crippen molar-refractivity contribution in [1.29, 1.82) is 0 Å². The van der Waals surface area contributed by atoms with Crippen molar-refractivity contribution in [3.63, 3.8) is 0 Å². The number of nitrogens with zero attached hydrogens (tertiary/aromatic N) is 2. The SMILES string of the molecule is COC(=O)C1(CN2CCN(CC(=O)NC3CC3)CC2)CC1. The molecule has 1 aliphatic heterocycles. The highest BCUT2D eigenvalue weighted by atomic mass is 16.5. The quantitative estimate of drug-likeness (QED) is 0.690. The van der Waals surface area contributed by atoms with Crippen molar-refractivity contribution in [3.8, 4) is 0 Å². The summed E-state index contributed by atoms with van der Waals surface area (Å²) >= 11 is 0. The van der Waals surface area contributed by atoms with E-state index in [1.807, 2.05) is 0 Å². The standard InChI is InChI=1S/C15H25N3O3/c1-21-14(20)15(4-5-15)11-18-8-6-17(7-9-18)10-13(19)16-12-2-3-12/h12H,2-11H2,1H3,(H,16,19). The van der Waals surface area contributed by atoms with E-state index in [9.17, 15) is 9.59 Å². The lowest BCUT2D eigenvalue weighted by Gasteiger charge is -2.35. The van der Waals surface area contributed by atoms with Crippen LogP contribution in [0.15, 0.2) is 0 Å². The molecule has 2 aliphatic carbocycles. The first kappa shape index (κ1) is 14.8. The Morgan fingerprint density at radius 1 is 1.14 bits per heavy atom. The first-order valence-electron chi connectivity index (χ1n) is 7.94. The van der Waals surface area contributed by atoms with Crippen molar-refractivity contribution < 1.29 is 14.3 Å². The molecule has 0 radical (unpaired) electrons. The van der Waals surface area contributed by atoms with Crippen LogP contribution in [0.1, 0.15) is 25.7 Å². The Morgan fingerprint density at radius 2 is 1.76 bits per heavy atom. The van der Waals surface area contributed by atoms with E-state index >= 15 is 0 Å². The van der Waals surface area contributed by atoms with Gasteiger partial charge in [0.25, 0.3) is 0 Å². The minimum atomic E-state index is -0.236. The smallest absolute Gasteiger partial charge is 0.313 e. The maximum atomic E-state index is 11.8. The molecule has 0 atom stereocenters. The number of methoxy groups -OCH3 is 1. The lowest BCUT2D eigenvalue weighted by molar-refractivity contribution is -0.148. The second kappa shape index (κ2) is 5.93. The third-order valence-electron chi connectivity index (χ3n) is 4.77. The Kier molecular flexibility index (Phi) is 4.17. The fraction of sp³-hybridized carbons (Fsp3) is 0.867. The molecule has 1 saturated heterocycles. The Labute approximate surface area is 125 Å². The van der Waals surface area contributed by atoms with Crippen molar-refractivity contribution in [2.75, 3.05) is 46.4 Å². The summed E-state index contributed by atoms with van der Waals surface area (Å²) in [5.41, 5.74) is -0.236. The Bertz CT molecular complexity index is 410. The van der Waals surface area contributed by atoms with E-state index in [0.717, 1.165) is 58.4 Å². The van der Waals surface area contributed by atoms with Gasteiger partial charge in [0, 0.05) is 38.8 Å². The maximum Gasteiger partial charge on any atom is 0.313 e. The lowest BCUT2D eigenvalue weighted by Crippen LogP contribution is -2.51. The molecule has 1 amide bonds. The van der Waals surface area contributed by atoms with Crippen LogP contribution in [0.4, 0.5) is 0 Å². The number of carbonyl (C=O) groups excluding carboxylic acids is 2. The number of hydrogen-bond donors (Lipinski definition) is 1. The predicted octanol–water partition coefficient (Wildman–Crippen LogP) is -0.164. The molecule has 3 rings (SSSR count). The second-order valence-electron chi connectivity index (χ2n) is 6.67. The van der Waals surface area contributed by atoms with Gasteiger partial charge in [-0.3, -0.25) is 19.4 Å². The number of hydrogen-bond acceptors (Lipinski definition) is 5. The van der Waals surface area contributed by atoms with Crippen LogP contribution < -0.4 is 5.32 Å². The molecule has 2 saturated carbocycles. The number of amides is 1. The van der Waals surface area contributed by atoms with Gasteiger partial charge in [-0.25, -0.2) is 0 Å². The minimum absolute atomic E-state index is 0.0614. The minimum Gasteiger partial charge on any atom is -0.469 e. The van der Waals surface area contributed by atoms with Crippen molar-refractivity contribution in [1.82, 2.24) is 15.1 Å². The van der Waals surface area contributed by atoms with Gasteiger partial charge in [0.05, 0.1) is 19.1 Å². The van der Waals surface area contributed by atoms with E-state index < -0.39 is 0 Å². The largest absolute Gasteiger partial charge is 0.469 e. The average Bonchev–Trinajstić information content (AvgIpc) is 3.37. The average molecular weight is 295 g/mol. The summed E-state index contributed by atoms with van der Waals surface area (Å²) in [6.07, 6.45) is 4.16. The number of ether oxygens (including phenoxy) is 1. The number of nitrogens with one attached hydrogen (secondary N) is 1.